The van der Waals surface area contributed by atoms with Gasteiger partial charge in [0.25, 0.3) is 0 Å². The highest BCUT2D eigenvalue weighted by Crippen LogP contribution is 2.21. The summed E-state index contributed by atoms with van der Waals surface area (Å²) in [6, 6.07) is -1.54. The molecule has 330 valence electrons. The maximum Gasteiger partial charge on any atom is 0.303 e. The van der Waals surface area contributed by atoms with Crippen LogP contribution in [0.15, 0.2) is 34.6 Å². The number of carboxylic acid groups (broad SMARTS) is 1. The van der Waals surface area contributed by atoms with Gasteiger partial charge >= 0.3 is 5.97 Å². The average Bonchev–Trinajstić information content (AvgIpc) is 3.67. The number of nitrogens with two attached hydrogens (primary N) is 1. The molecule has 2 bridgehead atoms. The van der Waals surface area contributed by atoms with Gasteiger partial charge in [-0.25, -0.2) is 0 Å². The Morgan fingerprint density at radius 2 is 1.42 bits per heavy atom. The van der Waals surface area contributed by atoms with Crippen molar-refractivity contribution in [2.45, 2.75) is 115 Å². The van der Waals surface area contributed by atoms with Gasteiger partial charge in [0.2, 0.25) is 47.3 Å². The Bertz CT molecular complexity index is 1760. The molecular weight excluding hydrogens is 803 g/mol. The molecule has 7 atom stereocenters. The summed E-state index contributed by atoms with van der Waals surface area (Å²) in [4.78, 5) is 117. The zero-order valence-electron chi connectivity index (χ0n) is 34.4. The maximum absolute atomic E-state index is 13.4. The van der Waals surface area contributed by atoms with Gasteiger partial charge in [0.05, 0.1) is 12.2 Å². The molecule has 0 radical (unpaired) electrons. The van der Waals surface area contributed by atoms with Gasteiger partial charge in [-0.15, -0.1) is 5.11 Å². The minimum atomic E-state index is -1.45. The van der Waals surface area contributed by atoms with E-state index in [-0.39, 0.29) is 31.6 Å². The summed E-state index contributed by atoms with van der Waals surface area (Å²) in [5, 5.41) is 37.1. The number of nitrogens with zero attached hydrogens (tertiary/aromatic N) is 3. The van der Waals surface area contributed by atoms with Crippen molar-refractivity contribution in [2.24, 2.45) is 22.0 Å². The monoisotopic (exact) mass is 859 g/mol. The first-order chi connectivity index (χ1) is 28.4. The molecule has 1 fully saturated rings. The highest BCUT2D eigenvalue weighted by Gasteiger charge is 2.34. The normalized spacial score (nSPS) is 25.8. The average molecular weight is 860 g/mol. The summed E-state index contributed by atoms with van der Waals surface area (Å²) in [6.07, 6.45) is 2.28. The van der Waals surface area contributed by atoms with E-state index in [1.165, 1.54) is 30.6 Å². The molecule has 0 spiro atoms. The molecule has 1 aromatic carbocycles. The molecular formula is C38H57N11O10S. The lowest BCUT2D eigenvalue weighted by Crippen LogP contribution is -2.58. The quantitative estimate of drug-likeness (QED) is 0.134. The van der Waals surface area contributed by atoms with Crippen LogP contribution >= 0.6 is 11.8 Å². The molecule has 4 rings (SSSR count). The predicted molar refractivity (Wildman–Crippen MR) is 219 cm³/mol. The summed E-state index contributed by atoms with van der Waals surface area (Å²) < 4.78 is 0. The van der Waals surface area contributed by atoms with Crippen molar-refractivity contribution in [3.8, 4) is 0 Å². The molecule has 0 aliphatic carbocycles. The summed E-state index contributed by atoms with van der Waals surface area (Å²) in [6.45, 7) is 6.27. The van der Waals surface area contributed by atoms with E-state index in [1.54, 1.807) is 38.1 Å². The number of primary amides is 1. The van der Waals surface area contributed by atoms with E-state index >= 15 is 0 Å². The van der Waals surface area contributed by atoms with Gasteiger partial charge in [-0.3, -0.25) is 48.2 Å². The van der Waals surface area contributed by atoms with Gasteiger partial charge in [-0.05, 0) is 81.6 Å². The lowest BCUT2D eigenvalue weighted by atomic mass is 10.0. The van der Waals surface area contributed by atoms with E-state index in [4.69, 9.17) is 5.73 Å². The number of fused-ring (bicyclic) bond motifs is 23. The van der Waals surface area contributed by atoms with Gasteiger partial charge in [0.1, 0.15) is 42.3 Å². The molecule has 3 heterocycles. The lowest BCUT2D eigenvalue weighted by Gasteiger charge is -2.25. The number of amides is 8. The van der Waals surface area contributed by atoms with Crippen LogP contribution in [0.1, 0.15) is 71.8 Å². The number of rotatable bonds is 9. The van der Waals surface area contributed by atoms with Gasteiger partial charge in [-0.2, -0.15) is 11.8 Å². The number of nitrogens with one attached hydrogen (secondary N) is 7. The molecule has 3 aliphatic heterocycles. The van der Waals surface area contributed by atoms with E-state index in [9.17, 15) is 48.3 Å². The summed E-state index contributed by atoms with van der Waals surface area (Å²) >= 11 is 1.44. The smallest absolute Gasteiger partial charge is 0.303 e. The molecule has 1 saturated heterocycles. The third-order valence-electron chi connectivity index (χ3n) is 9.65. The Morgan fingerprint density at radius 3 is 2.00 bits per heavy atom. The van der Waals surface area contributed by atoms with Crippen LogP contribution in [0.2, 0.25) is 0 Å². The standard InChI is InChI=1S/C38H57N11O10S/c1-20(2)17-28-37(58)41-21(3)33(54)44-25(12-13-31(51)52)36(57)46-27(32(39)53)18-23-8-10-24(11-9-23)47-48-49-15-6-7-29(49)38(59)42-22(4)34(55)45-26(14-16-60-5)35(56)40-19-30(50)43-28/h8-11,20-22,25-29H,6-7,12-19H2,1-5H3,(H2,39,53)(H,40,56)(H,41,58)(H,42,59)(H,43,50)(H,44,54)(H,45,55)(H,46,57)(H,51,52)/t21-,22-,25-,26-,27-,28-,29-/m0/s1. The third-order valence-corrected chi connectivity index (χ3v) is 10.3. The van der Waals surface area contributed by atoms with E-state index < -0.39 is 108 Å². The molecule has 22 heteroatoms. The number of carboxylic acids is 1. The molecule has 3 aliphatic rings. The zero-order valence-corrected chi connectivity index (χ0v) is 35.3. The minimum Gasteiger partial charge on any atom is -0.481 e. The highest BCUT2D eigenvalue weighted by molar-refractivity contribution is 7.98. The number of hydrogen-bond donors (Lipinski definition) is 9. The second kappa shape index (κ2) is 23.7. The number of carbonyl (C=O) groups is 9. The molecule has 0 unspecified atom stereocenters. The van der Waals surface area contributed by atoms with Gasteiger partial charge in [-0.1, -0.05) is 31.2 Å². The van der Waals surface area contributed by atoms with Crippen LogP contribution in [0.3, 0.4) is 0 Å². The maximum atomic E-state index is 13.4. The molecule has 60 heavy (non-hydrogen) atoms. The third kappa shape index (κ3) is 15.8. The Balaban J connectivity index is 1.93. The topological polar surface area (TPSA) is 312 Å². The van der Waals surface area contributed by atoms with Gasteiger partial charge < -0.3 is 48.1 Å². The molecule has 1 aromatic rings. The largest absolute Gasteiger partial charge is 0.481 e. The molecule has 0 saturated carbocycles. The zero-order chi connectivity index (χ0) is 44.5. The first-order valence-corrected chi connectivity index (χ1v) is 21.1. The van der Waals surface area contributed by atoms with Crippen LogP contribution in [0.25, 0.3) is 0 Å². The van der Waals surface area contributed by atoms with Crippen molar-refractivity contribution in [1.82, 2.24) is 42.2 Å². The Morgan fingerprint density at radius 1 is 0.817 bits per heavy atom. The van der Waals surface area contributed by atoms with E-state index in [1.807, 2.05) is 6.26 Å². The second-order valence-corrected chi connectivity index (χ2v) is 16.1. The van der Waals surface area contributed by atoms with E-state index in [2.05, 4.69) is 47.6 Å². The van der Waals surface area contributed by atoms with Gasteiger partial charge in [0, 0.05) is 19.4 Å². The molecule has 8 amide bonds. The fourth-order valence-electron chi connectivity index (χ4n) is 6.29. The SMILES string of the molecule is CSCC[C@@H]1NC(=O)[C@H](C)NC(=O)[C@@H]2CCCN2N=Nc2ccc(cc2)C[C@@H](C(N)=O)NC(=O)[C@H](CCC(=O)O)NC(=O)[C@H](C)NC(=O)[C@H](CC(C)C)NC(=O)CNC1=O. The molecule has 0 aromatic heterocycles. The fourth-order valence-corrected chi connectivity index (χ4v) is 6.76. The van der Waals surface area contributed by atoms with Crippen LogP contribution < -0.4 is 43.0 Å². The first-order valence-electron chi connectivity index (χ1n) is 19.7. The summed E-state index contributed by atoms with van der Waals surface area (Å²) in [7, 11) is 0. The number of thioether (sulfide) groups is 1. The van der Waals surface area contributed by atoms with Crippen molar-refractivity contribution < 1.29 is 48.3 Å². The van der Waals surface area contributed by atoms with Crippen LogP contribution in [0.4, 0.5) is 5.69 Å². The van der Waals surface area contributed by atoms with Gasteiger partial charge in [0.15, 0.2) is 0 Å². The number of benzene rings is 1. The van der Waals surface area contributed by atoms with Crippen molar-refractivity contribution in [2.75, 3.05) is 25.1 Å². The number of carbonyl (C=O) groups excluding carboxylic acids is 8. The summed E-state index contributed by atoms with van der Waals surface area (Å²) in [5.41, 5.74) is 6.58. The second-order valence-electron chi connectivity index (χ2n) is 15.1. The van der Waals surface area contributed by atoms with Crippen molar-refractivity contribution in [3.63, 3.8) is 0 Å². The van der Waals surface area contributed by atoms with E-state index in [0.717, 1.165) is 0 Å². The molecule has 21 nitrogen and oxygen atoms in total. The number of hydrogen-bond acceptors (Lipinski definition) is 13. The number of aliphatic carboxylic acids is 1. The van der Waals surface area contributed by atoms with Crippen molar-refractivity contribution >= 4 is 70.7 Å². The minimum absolute atomic E-state index is 0.0738. The Labute approximate surface area is 352 Å². The first kappa shape index (κ1) is 48.6. The molecule has 10 N–H and O–H groups in total. The highest BCUT2D eigenvalue weighted by atomic mass is 32.2. The summed E-state index contributed by atoms with van der Waals surface area (Å²) in [5.74, 6) is -6.78. The van der Waals surface area contributed by atoms with Crippen LogP contribution in [-0.2, 0) is 49.6 Å². The Hall–Kier alpha value is -5.80. The van der Waals surface area contributed by atoms with Crippen LogP contribution in [0.5, 0.6) is 0 Å². The lowest BCUT2D eigenvalue weighted by molar-refractivity contribution is -0.138. The fraction of sp³-hybridized carbons (Fsp3) is 0.605. The van der Waals surface area contributed by atoms with E-state index in [0.29, 0.717) is 36.4 Å². The predicted octanol–water partition coefficient (Wildman–Crippen LogP) is -1.08. The Kier molecular flexibility index (Phi) is 19.2. The van der Waals surface area contributed by atoms with Crippen molar-refractivity contribution in [1.29, 1.82) is 0 Å². The van der Waals surface area contributed by atoms with Crippen molar-refractivity contribution in [3.05, 3.63) is 29.8 Å². The van der Waals surface area contributed by atoms with Crippen LogP contribution in [0, 0.1) is 5.92 Å². The van der Waals surface area contributed by atoms with Crippen LogP contribution in [-0.4, -0.2) is 131 Å².